The van der Waals surface area contributed by atoms with Gasteiger partial charge in [0.05, 0.1) is 0 Å². The molecule has 0 aromatic heterocycles. The van der Waals surface area contributed by atoms with Crippen molar-refractivity contribution in [3.05, 3.63) is 0 Å². The molecule has 1 saturated heterocycles. The Bertz CT molecular complexity index is 242. The van der Waals surface area contributed by atoms with E-state index in [2.05, 4.69) is 30.6 Å². The van der Waals surface area contributed by atoms with Gasteiger partial charge in [-0.3, -0.25) is 14.6 Å². The van der Waals surface area contributed by atoms with Gasteiger partial charge in [0.25, 0.3) is 0 Å². The summed E-state index contributed by atoms with van der Waals surface area (Å²) in [6.45, 7) is 11.0. The molecule has 1 aliphatic heterocycles. The lowest BCUT2D eigenvalue weighted by molar-refractivity contribution is -0.137. The molecule has 0 spiro atoms. The lowest BCUT2D eigenvalue weighted by atomic mass is 10.1. The Balaban J connectivity index is 2.36. The number of carboxylic acids is 1. The summed E-state index contributed by atoms with van der Waals surface area (Å²) in [5.74, 6) is -0.684. The second-order valence-corrected chi connectivity index (χ2v) is 4.94. The van der Waals surface area contributed by atoms with Gasteiger partial charge in [-0.05, 0) is 32.9 Å². The molecule has 0 aliphatic carbocycles. The van der Waals surface area contributed by atoms with Gasteiger partial charge in [-0.2, -0.15) is 0 Å². The van der Waals surface area contributed by atoms with Crippen LogP contribution in [0.25, 0.3) is 0 Å². The van der Waals surface area contributed by atoms with Crippen molar-refractivity contribution in [3.8, 4) is 0 Å². The number of nitrogens with zero attached hydrogens (tertiary/aromatic N) is 2. The predicted molar refractivity (Wildman–Crippen MR) is 69.2 cm³/mol. The monoisotopic (exact) mass is 242 g/mol. The summed E-state index contributed by atoms with van der Waals surface area (Å²) in [6.07, 6.45) is 2.27. The van der Waals surface area contributed by atoms with E-state index in [0.29, 0.717) is 12.1 Å². The Morgan fingerprint density at radius 2 is 2.12 bits per heavy atom. The molecule has 2 unspecified atom stereocenters. The second-order valence-electron chi connectivity index (χ2n) is 4.94. The quantitative estimate of drug-likeness (QED) is 0.737. The molecule has 4 heteroatoms. The van der Waals surface area contributed by atoms with E-state index in [1.165, 1.54) is 6.42 Å². The summed E-state index contributed by atoms with van der Waals surface area (Å²) in [5.41, 5.74) is 0. The van der Waals surface area contributed by atoms with E-state index in [1.807, 2.05) is 0 Å². The molecular formula is C13H26N2O2. The highest BCUT2D eigenvalue weighted by Gasteiger charge is 2.28. The van der Waals surface area contributed by atoms with Crippen LogP contribution in [0, 0.1) is 0 Å². The second kappa shape index (κ2) is 6.97. The molecule has 0 radical (unpaired) electrons. The SMILES string of the molecule is CCN(CC)C1CCN(C(C)CCC(=O)O)C1. The van der Waals surface area contributed by atoms with Crippen LogP contribution in [0.2, 0.25) is 0 Å². The molecular weight excluding hydrogens is 216 g/mol. The van der Waals surface area contributed by atoms with Gasteiger partial charge in [0.1, 0.15) is 0 Å². The van der Waals surface area contributed by atoms with Crippen molar-refractivity contribution in [2.24, 2.45) is 0 Å². The third-order valence-corrected chi connectivity index (χ3v) is 3.92. The molecule has 1 fully saturated rings. The highest BCUT2D eigenvalue weighted by molar-refractivity contribution is 5.66. The fourth-order valence-corrected chi connectivity index (χ4v) is 2.72. The van der Waals surface area contributed by atoms with E-state index in [0.717, 1.165) is 32.6 Å². The van der Waals surface area contributed by atoms with Crippen molar-refractivity contribution < 1.29 is 9.90 Å². The Morgan fingerprint density at radius 3 is 2.65 bits per heavy atom. The zero-order valence-corrected chi connectivity index (χ0v) is 11.4. The van der Waals surface area contributed by atoms with Crippen LogP contribution in [0.4, 0.5) is 0 Å². The van der Waals surface area contributed by atoms with Gasteiger partial charge < -0.3 is 5.11 Å². The lowest BCUT2D eigenvalue weighted by Gasteiger charge is -2.28. The van der Waals surface area contributed by atoms with E-state index >= 15 is 0 Å². The average molecular weight is 242 g/mol. The van der Waals surface area contributed by atoms with Gasteiger partial charge in [-0.1, -0.05) is 13.8 Å². The van der Waals surface area contributed by atoms with Crippen molar-refractivity contribution in [2.45, 2.75) is 52.1 Å². The molecule has 0 aromatic carbocycles. The van der Waals surface area contributed by atoms with Gasteiger partial charge in [0, 0.05) is 31.6 Å². The van der Waals surface area contributed by atoms with E-state index in [1.54, 1.807) is 0 Å². The molecule has 1 rings (SSSR count). The molecule has 1 heterocycles. The van der Waals surface area contributed by atoms with E-state index in [4.69, 9.17) is 5.11 Å². The largest absolute Gasteiger partial charge is 0.481 e. The van der Waals surface area contributed by atoms with Gasteiger partial charge in [0.15, 0.2) is 0 Å². The molecule has 0 saturated carbocycles. The van der Waals surface area contributed by atoms with Crippen LogP contribution < -0.4 is 0 Å². The number of hydrogen-bond donors (Lipinski definition) is 1. The van der Waals surface area contributed by atoms with E-state index in [-0.39, 0.29) is 6.42 Å². The number of carbonyl (C=O) groups is 1. The number of aliphatic carboxylic acids is 1. The summed E-state index contributed by atoms with van der Waals surface area (Å²) < 4.78 is 0. The summed E-state index contributed by atoms with van der Waals surface area (Å²) in [5, 5.41) is 8.69. The highest BCUT2D eigenvalue weighted by Crippen LogP contribution is 2.19. The highest BCUT2D eigenvalue weighted by atomic mass is 16.4. The summed E-state index contributed by atoms with van der Waals surface area (Å²) >= 11 is 0. The topological polar surface area (TPSA) is 43.8 Å². The zero-order valence-electron chi connectivity index (χ0n) is 11.4. The van der Waals surface area contributed by atoms with Gasteiger partial charge in [-0.25, -0.2) is 0 Å². The van der Waals surface area contributed by atoms with Gasteiger partial charge in [0.2, 0.25) is 0 Å². The van der Waals surface area contributed by atoms with Crippen LogP contribution in [-0.4, -0.2) is 59.1 Å². The minimum Gasteiger partial charge on any atom is -0.481 e. The van der Waals surface area contributed by atoms with E-state index in [9.17, 15) is 4.79 Å². The Labute approximate surface area is 105 Å². The first-order chi connectivity index (χ1) is 8.08. The molecule has 0 bridgehead atoms. The lowest BCUT2D eigenvalue weighted by Crippen LogP contribution is -2.39. The third-order valence-electron chi connectivity index (χ3n) is 3.92. The van der Waals surface area contributed by atoms with Gasteiger partial charge in [-0.15, -0.1) is 0 Å². The normalized spacial score (nSPS) is 23.2. The summed E-state index contributed by atoms with van der Waals surface area (Å²) in [7, 11) is 0. The number of hydrogen-bond acceptors (Lipinski definition) is 3. The van der Waals surface area contributed by atoms with Crippen LogP contribution >= 0.6 is 0 Å². The van der Waals surface area contributed by atoms with Crippen LogP contribution in [-0.2, 0) is 4.79 Å². The number of likely N-dealkylation sites (N-methyl/N-ethyl adjacent to an activating group) is 1. The van der Waals surface area contributed by atoms with Crippen molar-refractivity contribution in [2.75, 3.05) is 26.2 Å². The number of rotatable bonds is 7. The van der Waals surface area contributed by atoms with Crippen LogP contribution in [0.5, 0.6) is 0 Å². The Morgan fingerprint density at radius 1 is 1.47 bits per heavy atom. The van der Waals surface area contributed by atoms with Crippen molar-refractivity contribution in [1.29, 1.82) is 0 Å². The fraction of sp³-hybridized carbons (Fsp3) is 0.923. The summed E-state index contributed by atoms with van der Waals surface area (Å²) in [4.78, 5) is 15.5. The van der Waals surface area contributed by atoms with Crippen molar-refractivity contribution in [1.82, 2.24) is 9.80 Å². The first-order valence-corrected chi connectivity index (χ1v) is 6.78. The van der Waals surface area contributed by atoms with Crippen molar-refractivity contribution >= 4 is 5.97 Å². The Hall–Kier alpha value is -0.610. The van der Waals surface area contributed by atoms with E-state index < -0.39 is 5.97 Å². The van der Waals surface area contributed by atoms with Crippen LogP contribution in [0.1, 0.15) is 40.0 Å². The smallest absolute Gasteiger partial charge is 0.303 e. The predicted octanol–water partition coefficient (Wildman–Crippen LogP) is 1.66. The molecule has 1 aliphatic rings. The molecule has 2 atom stereocenters. The summed E-state index contributed by atoms with van der Waals surface area (Å²) in [6, 6.07) is 1.06. The van der Waals surface area contributed by atoms with Crippen molar-refractivity contribution in [3.63, 3.8) is 0 Å². The maximum atomic E-state index is 10.6. The van der Waals surface area contributed by atoms with Crippen LogP contribution in [0.3, 0.4) is 0 Å². The fourth-order valence-electron chi connectivity index (χ4n) is 2.72. The number of likely N-dealkylation sites (tertiary alicyclic amines) is 1. The standard InChI is InChI=1S/C13H26N2O2/c1-4-14(5-2)12-8-9-15(10-12)11(3)6-7-13(16)17/h11-12H,4-10H2,1-3H3,(H,16,17). The molecule has 1 N–H and O–H groups in total. The third kappa shape index (κ3) is 4.28. The minimum atomic E-state index is -0.684. The molecule has 0 amide bonds. The average Bonchev–Trinajstić information content (AvgIpc) is 2.77. The minimum absolute atomic E-state index is 0.285. The first-order valence-electron chi connectivity index (χ1n) is 6.78. The first kappa shape index (κ1) is 14.5. The van der Waals surface area contributed by atoms with Crippen LogP contribution in [0.15, 0.2) is 0 Å². The van der Waals surface area contributed by atoms with Gasteiger partial charge >= 0.3 is 5.97 Å². The molecule has 0 aromatic rings. The number of carboxylic acid groups (broad SMARTS) is 1. The maximum Gasteiger partial charge on any atom is 0.303 e. The maximum absolute atomic E-state index is 10.6. The Kier molecular flexibility index (Phi) is 5.92. The molecule has 17 heavy (non-hydrogen) atoms. The molecule has 4 nitrogen and oxygen atoms in total. The molecule has 100 valence electrons. The zero-order chi connectivity index (χ0) is 12.8.